The highest BCUT2D eigenvalue weighted by atomic mass is 32.2. The third kappa shape index (κ3) is 3.10. The molecule has 2 aromatic heterocycles. The highest BCUT2D eigenvalue weighted by Crippen LogP contribution is 2.68. The van der Waals surface area contributed by atoms with Crippen molar-refractivity contribution >= 4 is 57.8 Å². The molecular weight excluding hydrogens is 515 g/mol. The predicted molar refractivity (Wildman–Crippen MR) is 139 cm³/mol. The molecule has 4 aliphatic rings. The summed E-state index contributed by atoms with van der Waals surface area (Å²) in [5.41, 5.74) is 0.634. The minimum atomic E-state index is -0.879. The van der Waals surface area contributed by atoms with Crippen molar-refractivity contribution in [1.29, 1.82) is 0 Å². The van der Waals surface area contributed by atoms with Gasteiger partial charge in [-0.05, 0) is 54.7 Å². The van der Waals surface area contributed by atoms with Crippen molar-refractivity contribution in [3.63, 3.8) is 0 Å². The van der Waals surface area contributed by atoms with Crippen molar-refractivity contribution < 1.29 is 14.4 Å². The van der Waals surface area contributed by atoms with E-state index in [2.05, 4.69) is 21.7 Å². The van der Waals surface area contributed by atoms with Crippen molar-refractivity contribution in [2.75, 3.05) is 5.32 Å². The average Bonchev–Trinajstić information content (AvgIpc) is 3.67. The Morgan fingerprint density at radius 3 is 2.53 bits per heavy atom. The number of fused-ring (bicyclic) bond motifs is 9. The molecule has 10 heteroatoms. The number of amides is 3. The number of aromatic nitrogens is 1. The second kappa shape index (κ2) is 8.16. The number of nitrogens with zero attached hydrogens (tertiary/aromatic N) is 1. The number of benzene rings is 1. The molecule has 36 heavy (non-hydrogen) atoms. The van der Waals surface area contributed by atoms with Gasteiger partial charge in [0, 0.05) is 26.6 Å². The number of para-hydroxylation sites is 1. The van der Waals surface area contributed by atoms with Gasteiger partial charge < -0.3 is 10.3 Å². The number of thiazole rings is 1. The molecule has 1 aromatic carbocycles. The molecule has 2 bridgehead atoms. The van der Waals surface area contributed by atoms with Gasteiger partial charge in [0.2, 0.25) is 17.7 Å². The van der Waals surface area contributed by atoms with Crippen LogP contribution in [0.15, 0.2) is 57.7 Å². The molecule has 7 rings (SSSR count). The number of aromatic amines is 1. The van der Waals surface area contributed by atoms with Gasteiger partial charge in [0.15, 0.2) is 0 Å². The van der Waals surface area contributed by atoms with Crippen LogP contribution in [0.3, 0.4) is 0 Å². The first-order chi connectivity index (χ1) is 17.4. The number of thioether (sulfide) groups is 1. The predicted octanol–water partition coefficient (Wildman–Crippen LogP) is 4.00. The number of carbonyl (C=O) groups excluding carboxylic acids is 3. The number of carbonyl (C=O) groups is 3. The van der Waals surface area contributed by atoms with Crippen LogP contribution < -0.4 is 10.2 Å². The zero-order valence-corrected chi connectivity index (χ0v) is 21.7. The molecule has 184 valence electrons. The Morgan fingerprint density at radius 2 is 1.81 bits per heavy atom. The lowest BCUT2D eigenvalue weighted by Gasteiger charge is -2.42. The number of H-pyrrole nitrogens is 1. The Hall–Kier alpha value is -2.69. The summed E-state index contributed by atoms with van der Waals surface area (Å²) in [7, 11) is 0. The van der Waals surface area contributed by atoms with Crippen molar-refractivity contribution in [2.45, 2.75) is 35.6 Å². The second-order valence-electron chi connectivity index (χ2n) is 10.1. The van der Waals surface area contributed by atoms with Crippen molar-refractivity contribution in [3.8, 4) is 0 Å². The molecule has 8 unspecified atom stereocenters. The van der Waals surface area contributed by atoms with E-state index in [-0.39, 0.29) is 57.4 Å². The van der Waals surface area contributed by atoms with Crippen LogP contribution in [0.5, 0.6) is 0 Å². The minimum Gasteiger partial charge on any atom is -0.324 e. The number of hydrogen-bond donors (Lipinski definition) is 2. The molecule has 2 saturated carbocycles. The summed E-state index contributed by atoms with van der Waals surface area (Å²) >= 11 is 4.63. The van der Waals surface area contributed by atoms with Crippen LogP contribution in [0.25, 0.3) is 0 Å². The molecule has 4 heterocycles. The van der Waals surface area contributed by atoms with E-state index in [9.17, 15) is 19.2 Å². The topological polar surface area (TPSA) is 99.3 Å². The van der Waals surface area contributed by atoms with Crippen LogP contribution in [0.1, 0.15) is 29.0 Å². The first-order valence-electron chi connectivity index (χ1n) is 12.1. The summed E-state index contributed by atoms with van der Waals surface area (Å²) < 4.78 is 0. The zero-order valence-electron chi connectivity index (χ0n) is 19.2. The number of rotatable bonds is 4. The Kier molecular flexibility index (Phi) is 5.10. The normalized spacial score (nSPS) is 32.8. The van der Waals surface area contributed by atoms with Gasteiger partial charge in [-0.3, -0.25) is 24.1 Å². The molecule has 2 N–H and O–H groups in total. The summed E-state index contributed by atoms with van der Waals surface area (Å²) in [6, 6.07) is 12.3. The smallest absolute Gasteiger partial charge is 0.305 e. The zero-order chi connectivity index (χ0) is 24.7. The molecule has 2 aliphatic heterocycles. The second-order valence-corrected chi connectivity index (χ2v) is 13.2. The molecule has 3 fully saturated rings. The van der Waals surface area contributed by atoms with E-state index >= 15 is 0 Å². The number of hydrogen-bond acceptors (Lipinski definition) is 7. The van der Waals surface area contributed by atoms with E-state index < -0.39 is 12.0 Å². The summed E-state index contributed by atoms with van der Waals surface area (Å²) in [5.74, 6) is -1.22. The maximum absolute atomic E-state index is 13.8. The van der Waals surface area contributed by atoms with Gasteiger partial charge in [0.1, 0.15) is 6.04 Å². The van der Waals surface area contributed by atoms with E-state index in [1.807, 2.05) is 24.3 Å². The molecule has 7 nitrogen and oxygen atoms in total. The first-order valence-corrected chi connectivity index (χ1v) is 14.7. The lowest BCUT2D eigenvalue weighted by Crippen LogP contribution is -2.46. The molecule has 2 aliphatic carbocycles. The quantitative estimate of drug-likeness (QED) is 0.490. The first kappa shape index (κ1) is 22.5. The average molecular weight is 538 g/mol. The number of imide groups is 1. The molecule has 3 aromatic rings. The molecule has 8 atom stereocenters. The van der Waals surface area contributed by atoms with Gasteiger partial charge in [-0.25, -0.2) is 0 Å². The Bertz CT molecular complexity index is 1430. The van der Waals surface area contributed by atoms with E-state index in [1.165, 1.54) is 21.1 Å². The van der Waals surface area contributed by atoms with E-state index in [0.717, 1.165) is 16.3 Å². The molecular formula is C26H23N3O4S3. The Balaban J connectivity index is 1.21. The number of likely N-dealkylation sites (tertiary alicyclic amines) is 1. The molecule has 3 amide bonds. The van der Waals surface area contributed by atoms with Gasteiger partial charge in [0.05, 0.1) is 16.9 Å². The van der Waals surface area contributed by atoms with Gasteiger partial charge in [0.25, 0.3) is 0 Å². The van der Waals surface area contributed by atoms with Gasteiger partial charge >= 0.3 is 4.87 Å². The highest BCUT2D eigenvalue weighted by Gasteiger charge is 2.70. The fourth-order valence-electron chi connectivity index (χ4n) is 7.09. The summed E-state index contributed by atoms with van der Waals surface area (Å²) in [5, 5.41) is 5.96. The minimum absolute atomic E-state index is 0.0554. The number of nitrogens with one attached hydrogen (secondary N) is 2. The van der Waals surface area contributed by atoms with Gasteiger partial charge in [-0.1, -0.05) is 35.6 Å². The monoisotopic (exact) mass is 537 g/mol. The van der Waals surface area contributed by atoms with Crippen molar-refractivity contribution in [3.05, 3.63) is 67.3 Å². The molecule has 0 radical (unpaired) electrons. The fraction of sp³-hybridized carbons (Fsp3) is 0.385. The fourth-order valence-corrected chi connectivity index (χ4v) is 10.9. The van der Waals surface area contributed by atoms with E-state index in [1.54, 1.807) is 42.2 Å². The van der Waals surface area contributed by atoms with Crippen molar-refractivity contribution in [2.24, 2.45) is 29.6 Å². The van der Waals surface area contributed by atoms with Crippen LogP contribution in [0, 0.1) is 29.6 Å². The lowest BCUT2D eigenvalue weighted by molar-refractivity contribution is -0.146. The Labute approximate surface area is 219 Å². The van der Waals surface area contributed by atoms with Gasteiger partial charge in [-0.2, -0.15) is 0 Å². The maximum atomic E-state index is 13.8. The van der Waals surface area contributed by atoms with Crippen LogP contribution >= 0.6 is 34.4 Å². The third-order valence-electron chi connectivity index (χ3n) is 8.42. The number of thiophene rings is 1. The van der Waals surface area contributed by atoms with Gasteiger partial charge in [-0.15, -0.1) is 23.1 Å². The van der Waals surface area contributed by atoms with Crippen LogP contribution in [-0.2, 0) is 14.4 Å². The Morgan fingerprint density at radius 1 is 1.06 bits per heavy atom. The summed E-state index contributed by atoms with van der Waals surface area (Å²) in [4.78, 5) is 59.2. The molecule has 1 saturated heterocycles. The van der Waals surface area contributed by atoms with Crippen LogP contribution in [-0.4, -0.2) is 38.9 Å². The van der Waals surface area contributed by atoms with Crippen LogP contribution in [0.2, 0.25) is 0 Å². The van der Waals surface area contributed by atoms with Crippen LogP contribution in [0.4, 0.5) is 5.69 Å². The standard InChI is InChI=1S/C26H23N3O4S3/c1-11(22(30)27-12-6-3-2-4-7-12)29-24(31)17-13-10-14(18(17)25(29)32)20-16(13)19(15-8-5-9-34-15)21-23(35-20)28-26(33)36-21/h2-9,11,13-14,16-20H,10H2,1H3,(H,27,30)(H,28,33). The largest absolute Gasteiger partial charge is 0.324 e. The SMILES string of the molecule is CC(C(=O)Nc1ccccc1)N1C(=O)C2C3CC(C2C1=O)C1C(c2cccs2)c2sc(=O)[nH]c2SC31. The lowest BCUT2D eigenvalue weighted by atomic mass is 9.69. The van der Waals surface area contributed by atoms with E-state index in [0.29, 0.717) is 5.69 Å². The maximum Gasteiger partial charge on any atom is 0.305 e. The third-order valence-corrected chi connectivity index (χ3v) is 12.0. The van der Waals surface area contributed by atoms with Crippen molar-refractivity contribution in [1.82, 2.24) is 9.88 Å². The highest BCUT2D eigenvalue weighted by molar-refractivity contribution is 8.00. The molecule has 0 spiro atoms. The summed E-state index contributed by atoms with van der Waals surface area (Å²) in [6.45, 7) is 1.63. The summed E-state index contributed by atoms with van der Waals surface area (Å²) in [6.07, 6.45) is 0.842. The number of anilines is 1. The van der Waals surface area contributed by atoms with E-state index in [4.69, 9.17) is 0 Å².